The van der Waals surface area contributed by atoms with E-state index in [0.717, 1.165) is 25.7 Å². The minimum absolute atomic E-state index is 0.299. The van der Waals surface area contributed by atoms with Gasteiger partial charge < -0.3 is 9.36 Å². The Balaban J connectivity index is 2.16. The standard InChI is InChI=1S/C11H17NO/c1-10(13)5-3-4-6-11-7-8-12(2)9-11/h7-9H,3-6H2,1-2H3. The van der Waals surface area contributed by atoms with E-state index >= 15 is 0 Å². The van der Waals surface area contributed by atoms with Crippen molar-refractivity contribution in [2.45, 2.75) is 32.6 Å². The van der Waals surface area contributed by atoms with Gasteiger partial charge in [0.05, 0.1) is 0 Å². The smallest absolute Gasteiger partial charge is 0.129 e. The molecule has 0 spiro atoms. The van der Waals surface area contributed by atoms with Crippen LogP contribution in [0.4, 0.5) is 0 Å². The highest BCUT2D eigenvalue weighted by Gasteiger charge is 1.96. The monoisotopic (exact) mass is 179 g/mol. The fraction of sp³-hybridized carbons (Fsp3) is 0.545. The summed E-state index contributed by atoms with van der Waals surface area (Å²) in [7, 11) is 2.03. The Morgan fingerprint density at radius 1 is 1.46 bits per heavy atom. The highest BCUT2D eigenvalue weighted by molar-refractivity contribution is 5.75. The first-order valence-electron chi connectivity index (χ1n) is 4.79. The normalized spacial score (nSPS) is 10.3. The van der Waals surface area contributed by atoms with Crippen molar-refractivity contribution in [3.8, 4) is 0 Å². The van der Waals surface area contributed by atoms with Crippen molar-refractivity contribution in [3.63, 3.8) is 0 Å². The van der Waals surface area contributed by atoms with Gasteiger partial charge in [0, 0.05) is 25.9 Å². The van der Waals surface area contributed by atoms with Gasteiger partial charge in [0.1, 0.15) is 5.78 Å². The van der Waals surface area contributed by atoms with Crippen LogP contribution >= 0.6 is 0 Å². The zero-order valence-electron chi connectivity index (χ0n) is 8.42. The van der Waals surface area contributed by atoms with Crippen molar-refractivity contribution < 1.29 is 4.79 Å². The largest absolute Gasteiger partial charge is 0.357 e. The second-order valence-corrected chi connectivity index (χ2v) is 3.59. The Morgan fingerprint density at radius 2 is 2.23 bits per heavy atom. The lowest BCUT2D eigenvalue weighted by molar-refractivity contribution is -0.117. The zero-order chi connectivity index (χ0) is 9.68. The molecule has 0 atom stereocenters. The van der Waals surface area contributed by atoms with E-state index in [1.54, 1.807) is 6.92 Å². The number of nitrogens with zero attached hydrogens (tertiary/aromatic N) is 1. The van der Waals surface area contributed by atoms with E-state index in [2.05, 4.69) is 23.0 Å². The minimum Gasteiger partial charge on any atom is -0.357 e. The summed E-state index contributed by atoms with van der Waals surface area (Å²) in [5.41, 5.74) is 1.37. The van der Waals surface area contributed by atoms with Crippen molar-refractivity contribution in [1.82, 2.24) is 4.57 Å². The van der Waals surface area contributed by atoms with Crippen molar-refractivity contribution in [2.24, 2.45) is 7.05 Å². The maximum atomic E-state index is 10.7. The Morgan fingerprint density at radius 3 is 2.77 bits per heavy atom. The van der Waals surface area contributed by atoms with Crippen molar-refractivity contribution in [1.29, 1.82) is 0 Å². The Kier molecular flexibility index (Phi) is 3.74. The van der Waals surface area contributed by atoms with Gasteiger partial charge in [-0.2, -0.15) is 0 Å². The molecule has 0 N–H and O–H groups in total. The molecule has 2 heteroatoms. The van der Waals surface area contributed by atoms with Crippen LogP contribution in [0, 0.1) is 0 Å². The fourth-order valence-corrected chi connectivity index (χ4v) is 1.41. The first-order valence-corrected chi connectivity index (χ1v) is 4.79. The number of carbonyl (C=O) groups excluding carboxylic acids is 1. The average Bonchev–Trinajstić information content (AvgIpc) is 2.45. The van der Waals surface area contributed by atoms with Crippen LogP contribution in [0.1, 0.15) is 31.7 Å². The topological polar surface area (TPSA) is 22.0 Å². The zero-order valence-corrected chi connectivity index (χ0v) is 8.42. The van der Waals surface area contributed by atoms with Crippen LogP contribution in [-0.4, -0.2) is 10.4 Å². The van der Waals surface area contributed by atoms with E-state index in [1.807, 2.05) is 7.05 Å². The number of hydrogen-bond donors (Lipinski definition) is 0. The van der Waals surface area contributed by atoms with E-state index in [1.165, 1.54) is 5.56 Å². The lowest BCUT2D eigenvalue weighted by Crippen LogP contribution is -1.90. The summed E-state index contributed by atoms with van der Waals surface area (Å²) in [6.45, 7) is 1.66. The van der Waals surface area contributed by atoms with Crippen LogP contribution in [-0.2, 0) is 18.3 Å². The number of carbonyl (C=O) groups is 1. The predicted molar refractivity (Wildman–Crippen MR) is 53.6 cm³/mol. The van der Waals surface area contributed by atoms with Gasteiger partial charge in [0.15, 0.2) is 0 Å². The van der Waals surface area contributed by atoms with Gasteiger partial charge in [0.25, 0.3) is 0 Å². The molecule has 1 heterocycles. The second kappa shape index (κ2) is 4.85. The molecule has 0 aliphatic rings. The maximum Gasteiger partial charge on any atom is 0.129 e. The molecule has 0 aromatic carbocycles. The van der Waals surface area contributed by atoms with E-state index in [4.69, 9.17) is 0 Å². The molecule has 2 nitrogen and oxygen atoms in total. The molecule has 0 bridgehead atoms. The number of rotatable bonds is 5. The maximum absolute atomic E-state index is 10.7. The van der Waals surface area contributed by atoms with E-state index in [9.17, 15) is 4.79 Å². The van der Waals surface area contributed by atoms with Crippen molar-refractivity contribution >= 4 is 5.78 Å². The summed E-state index contributed by atoms with van der Waals surface area (Å²) in [5, 5.41) is 0. The molecule has 0 saturated carbocycles. The van der Waals surface area contributed by atoms with Crippen LogP contribution < -0.4 is 0 Å². The lowest BCUT2D eigenvalue weighted by Gasteiger charge is -1.96. The summed E-state index contributed by atoms with van der Waals surface area (Å²) in [6.07, 6.45) is 8.14. The molecule has 0 amide bonds. The van der Waals surface area contributed by atoms with Crippen LogP contribution in [0.5, 0.6) is 0 Å². The van der Waals surface area contributed by atoms with Crippen molar-refractivity contribution in [3.05, 3.63) is 24.0 Å². The number of Topliss-reactive ketones (excluding diaryl/α,β-unsaturated/α-hetero) is 1. The third kappa shape index (κ3) is 3.92. The molecular weight excluding hydrogens is 162 g/mol. The van der Waals surface area contributed by atoms with Gasteiger partial charge in [-0.15, -0.1) is 0 Å². The first-order chi connectivity index (χ1) is 6.18. The number of aryl methyl sites for hydroxylation is 2. The van der Waals surface area contributed by atoms with E-state index in [0.29, 0.717) is 5.78 Å². The van der Waals surface area contributed by atoms with Gasteiger partial charge >= 0.3 is 0 Å². The molecule has 0 radical (unpaired) electrons. The van der Waals surface area contributed by atoms with E-state index < -0.39 is 0 Å². The van der Waals surface area contributed by atoms with Gasteiger partial charge in [-0.05, 0) is 37.8 Å². The van der Waals surface area contributed by atoms with Crippen LogP contribution in [0.15, 0.2) is 18.5 Å². The van der Waals surface area contributed by atoms with Crippen LogP contribution in [0.3, 0.4) is 0 Å². The molecule has 0 aliphatic carbocycles. The molecule has 1 rings (SSSR count). The third-order valence-corrected chi connectivity index (χ3v) is 2.14. The number of ketones is 1. The summed E-state index contributed by atoms with van der Waals surface area (Å²) >= 11 is 0. The highest BCUT2D eigenvalue weighted by Crippen LogP contribution is 2.06. The van der Waals surface area contributed by atoms with Crippen LogP contribution in [0.25, 0.3) is 0 Å². The number of aromatic nitrogens is 1. The molecule has 0 aliphatic heterocycles. The fourth-order valence-electron chi connectivity index (χ4n) is 1.41. The quantitative estimate of drug-likeness (QED) is 0.636. The Hall–Kier alpha value is -1.05. The average molecular weight is 179 g/mol. The summed E-state index contributed by atoms with van der Waals surface area (Å²) in [6, 6.07) is 2.13. The summed E-state index contributed by atoms with van der Waals surface area (Å²) in [4.78, 5) is 10.7. The SMILES string of the molecule is CC(=O)CCCCc1ccn(C)c1. The van der Waals surface area contributed by atoms with Gasteiger partial charge in [-0.1, -0.05) is 0 Å². The predicted octanol–water partition coefficient (Wildman–Crippen LogP) is 2.33. The molecule has 1 aromatic rings. The molecule has 13 heavy (non-hydrogen) atoms. The van der Waals surface area contributed by atoms with Gasteiger partial charge in [-0.25, -0.2) is 0 Å². The molecule has 1 aromatic heterocycles. The van der Waals surface area contributed by atoms with Gasteiger partial charge in [-0.3, -0.25) is 0 Å². The van der Waals surface area contributed by atoms with Crippen molar-refractivity contribution in [2.75, 3.05) is 0 Å². The van der Waals surface area contributed by atoms with Gasteiger partial charge in [0.2, 0.25) is 0 Å². The van der Waals surface area contributed by atoms with Crippen LogP contribution in [0.2, 0.25) is 0 Å². The Labute approximate surface area is 79.6 Å². The summed E-state index contributed by atoms with van der Waals surface area (Å²) < 4.78 is 2.06. The number of hydrogen-bond acceptors (Lipinski definition) is 1. The molecule has 0 saturated heterocycles. The summed E-state index contributed by atoms with van der Waals surface area (Å²) in [5.74, 6) is 0.299. The highest BCUT2D eigenvalue weighted by atomic mass is 16.1. The molecule has 72 valence electrons. The lowest BCUT2D eigenvalue weighted by atomic mass is 10.1. The molecule has 0 fully saturated rings. The third-order valence-electron chi connectivity index (χ3n) is 2.14. The Bertz CT molecular complexity index is 275. The molecule has 0 unspecified atom stereocenters. The minimum atomic E-state index is 0.299. The number of unbranched alkanes of at least 4 members (excludes halogenated alkanes) is 1. The van der Waals surface area contributed by atoms with E-state index in [-0.39, 0.29) is 0 Å². The molecular formula is C11H17NO. The first kappa shape index (κ1) is 10.0. The second-order valence-electron chi connectivity index (χ2n) is 3.59.